The molecule has 0 bridgehead atoms. The Kier molecular flexibility index (Phi) is 5.36. The van der Waals surface area contributed by atoms with Gasteiger partial charge in [-0.25, -0.2) is 0 Å². The van der Waals surface area contributed by atoms with Gasteiger partial charge in [0.15, 0.2) is 6.61 Å². The van der Waals surface area contributed by atoms with Crippen molar-refractivity contribution < 1.29 is 18.7 Å². The molecular weight excluding hydrogens is 282 g/mol. The summed E-state index contributed by atoms with van der Waals surface area (Å²) in [5, 5.41) is 2.61. The lowest BCUT2D eigenvalue weighted by Crippen LogP contribution is -2.28. The highest BCUT2D eigenvalue weighted by atomic mass is 16.5. The predicted octanol–water partition coefficient (Wildman–Crippen LogP) is 2.30. The summed E-state index contributed by atoms with van der Waals surface area (Å²) in [4.78, 5) is 23.3. The van der Waals surface area contributed by atoms with Gasteiger partial charge < -0.3 is 14.5 Å². The summed E-state index contributed by atoms with van der Waals surface area (Å²) in [7, 11) is 0. The van der Waals surface area contributed by atoms with Gasteiger partial charge in [0.25, 0.3) is 5.91 Å². The summed E-state index contributed by atoms with van der Waals surface area (Å²) in [6, 6.07) is 9.30. The maximum atomic E-state index is 11.7. The second-order valence-corrected chi connectivity index (χ2v) is 5.11. The molecule has 1 aromatic heterocycles. The van der Waals surface area contributed by atoms with E-state index >= 15 is 0 Å². The van der Waals surface area contributed by atoms with Crippen molar-refractivity contribution in [2.45, 2.75) is 26.8 Å². The largest absolute Gasteiger partial charge is 0.467 e. The zero-order valence-corrected chi connectivity index (χ0v) is 12.7. The van der Waals surface area contributed by atoms with Gasteiger partial charge in [-0.1, -0.05) is 18.2 Å². The summed E-state index contributed by atoms with van der Waals surface area (Å²) in [5.74, 6) is -0.129. The van der Waals surface area contributed by atoms with Gasteiger partial charge in [0.2, 0.25) is 0 Å². The number of ether oxygens (including phenoxy) is 1. The number of hydrogen-bond acceptors (Lipinski definition) is 4. The quantitative estimate of drug-likeness (QED) is 0.831. The molecule has 1 aromatic carbocycles. The lowest BCUT2D eigenvalue weighted by Gasteiger charge is -2.07. The fraction of sp³-hybridized carbons (Fsp3) is 0.294. The third-order valence-corrected chi connectivity index (χ3v) is 3.32. The molecule has 0 unspecified atom stereocenters. The fourth-order valence-electron chi connectivity index (χ4n) is 1.93. The van der Waals surface area contributed by atoms with E-state index in [1.165, 1.54) is 11.8 Å². The maximum Gasteiger partial charge on any atom is 0.310 e. The summed E-state index contributed by atoms with van der Waals surface area (Å²) in [6.07, 6.45) is 1.69. The highest BCUT2D eigenvalue weighted by Gasteiger charge is 2.09. The van der Waals surface area contributed by atoms with Crippen LogP contribution in [0.25, 0.3) is 0 Å². The Balaban J connectivity index is 1.72. The molecule has 22 heavy (non-hydrogen) atoms. The van der Waals surface area contributed by atoms with Gasteiger partial charge in [-0.15, -0.1) is 0 Å². The molecule has 5 heteroatoms. The molecule has 0 aliphatic carbocycles. The minimum Gasteiger partial charge on any atom is -0.467 e. The molecule has 1 heterocycles. The lowest BCUT2D eigenvalue weighted by molar-refractivity contribution is -0.147. The summed E-state index contributed by atoms with van der Waals surface area (Å²) >= 11 is 0. The number of benzene rings is 1. The van der Waals surface area contributed by atoms with Crippen molar-refractivity contribution in [3.63, 3.8) is 0 Å². The zero-order valence-electron chi connectivity index (χ0n) is 12.7. The standard InChI is InChI=1S/C17H19NO4/c1-12-5-6-14(8-13(12)2)9-17(20)22-11-16(19)18-10-15-4-3-7-21-15/h3-8H,9-11H2,1-2H3,(H,18,19). The van der Waals surface area contributed by atoms with E-state index in [0.29, 0.717) is 5.76 Å². The van der Waals surface area contributed by atoms with Crippen LogP contribution in [0.3, 0.4) is 0 Å². The highest BCUT2D eigenvalue weighted by Crippen LogP contribution is 2.10. The van der Waals surface area contributed by atoms with Gasteiger partial charge in [-0.3, -0.25) is 9.59 Å². The van der Waals surface area contributed by atoms with Crippen molar-refractivity contribution in [3.05, 3.63) is 59.0 Å². The number of hydrogen-bond donors (Lipinski definition) is 1. The SMILES string of the molecule is Cc1ccc(CC(=O)OCC(=O)NCc2ccco2)cc1C. The van der Waals surface area contributed by atoms with Crippen molar-refractivity contribution in [1.29, 1.82) is 0 Å². The van der Waals surface area contributed by atoms with Crippen molar-refractivity contribution in [2.75, 3.05) is 6.61 Å². The van der Waals surface area contributed by atoms with E-state index in [1.807, 2.05) is 32.0 Å². The monoisotopic (exact) mass is 301 g/mol. The van der Waals surface area contributed by atoms with E-state index < -0.39 is 5.97 Å². The van der Waals surface area contributed by atoms with Crippen molar-refractivity contribution in [3.8, 4) is 0 Å². The average Bonchev–Trinajstić information content (AvgIpc) is 3.00. The van der Waals surface area contributed by atoms with Crippen LogP contribution >= 0.6 is 0 Å². The molecule has 2 aromatic rings. The molecule has 1 amide bonds. The van der Waals surface area contributed by atoms with Gasteiger partial charge in [0, 0.05) is 0 Å². The molecule has 0 radical (unpaired) electrons. The molecule has 0 aliphatic heterocycles. The Morgan fingerprint density at radius 3 is 2.68 bits per heavy atom. The molecule has 1 N–H and O–H groups in total. The van der Waals surface area contributed by atoms with Crippen LogP contribution in [-0.2, 0) is 27.3 Å². The number of carbonyl (C=O) groups excluding carboxylic acids is 2. The molecule has 0 atom stereocenters. The van der Waals surface area contributed by atoms with E-state index in [1.54, 1.807) is 12.1 Å². The molecule has 0 fully saturated rings. The molecule has 0 aliphatic rings. The summed E-state index contributed by atoms with van der Waals surface area (Å²) < 4.78 is 10.1. The van der Waals surface area contributed by atoms with Crippen LogP contribution in [0.15, 0.2) is 41.0 Å². The van der Waals surface area contributed by atoms with Gasteiger partial charge in [0.1, 0.15) is 5.76 Å². The van der Waals surface area contributed by atoms with Crippen LogP contribution in [0.4, 0.5) is 0 Å². The molecule has 5 nitrogen and oxygen atoms in total. The second kappa shape index (κ2) is 7.45. The van der Waals surface area contributed by atoms with E-state index in [0.717, 1.165) is 11.1 Å². The van der Waals surface area contributed by atoms with E-state index in [-0.39, 0.29) is 25.5 Å². The minimum absolute atomic E-state index is 0.159. The summed E-state index contributed by atoms with van der Waals surface area (Å²) in [5.41, 5.74) is 3.18. The normalized spacial score (nSPS) is 10.3. The van der Waals surface area contributed by atoms with Crippen molar-refractivity contribution >= 4 is 11.9 Å². The van der Waals surface area contributed by atoms with Crippen molar-refractivity contribution in [1.82, 2.24) is 5.32 Å². The lowest BCUT2D eigenvalue weighted by atomic mass is 10.0. The van der Waals surface area contributed by atoms with Crippen LogP contribution < -0.4 is 5.32 Å². The number of amides is 1. The van der Waals surface area contributed by atoms with Crippen LogP contribution in [0, 0.1) is 13.8 Å². The van der Waals surface area contributed by atoms with Crippen molar-refractivity contribution in [2.24, 2.45) is 0 Å². The fourth-order valence-corrected chi connectivity index (χ4v) is 1.93. The number of rotatable bonds is 6. The topological polar surface area (TPSA) is 68.5 Å². The molecular formula is C17H19NO4. The average molecular weight is 301 g/mol. The van der Waals surface area contributed by atoms with Crippen LogP contribution in [0.2, 0.25) is 0 Å². The highest BCUT2D eigenvalue weighted by molar-refractivity contribution is 5.81. The number of esters is 1. The number of nitrogens with one attached hydrogen (secondary N) is 1. The minimum atomic E-state index is -0.420. The number of carbonyl (C=O) groups is 2. The van der Waals surface area contributed by atoms with E-state index in [4.69, 9.17) is 9.15 Å². The maximum absolute atomic E-state index is 11.7. The Labute approximate surface area is 129 Å². The Bertz CT molecular complexity index is 647. The third kappa shape index (κ3) is 4.77. The van der Waals surface area contributed by atoms with Crippen LogP contribution in [-0.4, -0.2) is 18.5 Å². The number of aryl methyl sites for hydroxylation is 2. The molecule has 0 saturated heterocycles. The number of furan rings is 1. The first kappa shape index (κ1) is 15.8. The Morgan fingerprint density at radius 2 is 2.00 bits per heavy atom. The smallest absolute Gasteiger partial charge is 0.310 e. The molecule has 0 saturated carbocycles. The Hall–Kier alpha value is -2.56. The van der Waals surface area contributed by atoms with Crippen LogP contribution in [0.5, 0.6) is 0 Å². The van der Waals surface area contributed by atoms with Gasteiger partial charge in [-0.2, -0.15) is 0 Å². The Morgan fingerprint density at radius 1 is 1.18 bits per heavy atom. The van der Waals surface area contributed by atoms with Gasteiger partial charge in [-0.05, 0) is 42.7 Å². The molecule has 2 rings (SSSR count). The first-order valence-electron chi connectivity index (χ1n) is 7.05. The van der Waals surface area contributed by atoms with E-state index in [9.17, 15) is 9.59 Å². The zero-order chi connectivity index (χ0) is 15.9. The third-order valence-electron chi connectivity index (χ3n) is 3.32. The van der Waals surface area contributed by atoms with Crippen LogP contribution in [0.1, 0.15) is 22.5 Å². The van der Waals surface area contributed by atoms with Gasteiger partial charge in [0.05, 0.1) is 19.2 Å². The second-order valence-electron chi connectivity index (χ2n) is 5.11. The summed E-state index contributed by atoms with van der Waals surface area (Å²) in [6.45, 7) is 4.00. The predicted molar refractivity (Wildman–Crippen MR) is 81.1 cm³/mol. The van der Waals surface area contributed by atoms with E-state index in [2.05, 4.69) is 5.32 Å². The first-order valence-corrected chi connectivity index (χ1v) is 7.05. The van der Waals surface area contributed by atoms with Gasteiger partial charge >= 0.3 is 5.97 Å². The molecule has 0 spiro atoms. The first-order chi connectivity index (χ1) is 10.5. The molecule has 116 valence electrons.